The van der Waals surface area contributed by atoms with Gasteiger partial charge in [-0.15, -0.1) is 0 Å². The molecule has 0 radical (unpaired) electrons. The molecular formula is C31H24FI2N5O5S. The van der Waals surface area contributed by atoms with E-state index in [-0.39, 0.29) is 28.3 Å². The number of anilines is 1. The zero-order valence-corrected chi connectivity index (χ0v) is 28.7. The number of aliphatic imine (C=N–C) groups is 1. The van der Waals surface area contributed by atoms with Crippen LogP contribution in [0, 0.1) is 9.39 Å². The summed E-state index contributed by atoms with van der Waals surface area (Å²) in [5.41, 5.74) is 2.36. The standard InChI is InChI=1S/C31H24FI2N5O5S/c1-45(42,43)19-12-13-20(23(33)15-19)27-24(31-39(37-27)17-10-11-18(14-17)44-31)30(41)38(34)28-29(40)36-26-21(8-5-9-22(26)32)25(35-28)16-6-3-2-4-7-16/h2-9,12-13,15,17-18,28H,10-11,14H2,1H3,(H,36,40)/t17?,18?,28-/m1/s1. The summed E-state index contributed by atoms with van der Waals surface area (Å²) < 4.78 is 49.3. The fraction of sp³-hybridized carbons (Fsp3) is 0.226. The molecule has 0 spiro atoms. The minimum atomic E-state index is -3.47. The van der Waals surface area contributed by atoms with Gasteiger partial charge >= 0.3 is 0 Å². The van der Waals surface area contributed by atoms with Crippen LogP contribution in [0.1, 0.15) is 46.8 Å². The van der Waals surface area contributed by atoms with Gasteiger partial charge < -0.3 is 10.1 Å². The summed E-state index contributed by atoms with van der Waals surface area (Å²) in [5.74, 6) is -1.60. The highest BCUT2D eigenvalue weighted by molar-refractivity contribution is 14.1. The highest BCUT2D eigenvalue weighted by Gasteiger charge is 2.43. The van der Waals surface area contributed by atoms with Crippen molar-refractivity contribution in [3.8, 4) is 17.1 Å². The third-order valence-corrected chi connectivity index (χ3v) is 11.1. The van der Waals surface area contributed by atoms with Crippen LogP contribution in [0.3, 0.4) is 0 Å². The number of nitrogens with zero attached hydrogens (tertiary/aromatic N) is 4. The molecule has 3 aromatic carbocycles. The van der Waals surface area contributed by atoms with Crippen molar-refractivity contribution in [3.63, 3.8) is 0 Å². The molecule has 1 N–H and O–H groups in total. The molecule has 1 aromatic heterocycles. The summed E-state index contributed by atoms with van der Waals surface area (Å²) in [7, 11) is -3.47. The van der Waals surface area contributed by atoms with E-state index >= 15 is 4.39 Å². The third-order valence-electron chi connectivity index (χ3n) is 8.14. The lowest BCUT2D eigenvalue weighted by molar-refractivity contribution is -0.118. The molecule has 230 valence electrons. The Labute approximate surface area is 285 Å². The molecule has 2 aliphatic heterocycles. The second kappa shape index (κ2) is 11.5. The molecule has 10 nitrogen and oxygen atoms in total. The maximum Gasteiger partial charge on any atom is 0.272 e. The van der Waals surface area contributed by atoms with Gasteiger partial charge in [-0.05, 0) is 53.6 Å². The first-order valence-corrected chi connectivity index (χ1v) is 18.0. The number of para-hydroxylation sites is 1. The van der Waals surface area contributed by atoms with Crippen molar-refractivity contribution in [2.45, 2.75) is 42.5 Å². The van der Waals surface area contributed by atoms with Crippen LogP contribution in [0.15, 0.2) is 76.6 Å². The van der Waals surface area contributed by atoms with Gasteiger partial charge in [-0.25, -0.2) is 25.6 Å². The molecule has 1 aliphatic carbocycles. The molecule has 45 heavy (non-hydrogen) atoms. The summed E-state index contributed by atoms with van der Waals surface area (Å²) in [6, 6.07) is 18.2. The lowest BCUT2D eigenvalue weighted by Crippen LogP contribution is -2.40. The number of aromatic nitrogens is 2. The van der Waals surface area contributed by atoms with Crippen molar-refractivity contribution < 1.29 is 27.1 Å². The van der Waals surface area contributed by atoms with Crippen molar-refractivity contribution in [3.05, 3.63) is 92.8 Å². The summed E-state index contributed by atoms with van der Waals surface area (Å²) in [4.78, 5) is 33.1. The second-order valence-electron chi connectivity index (χ2n) is 11.1. The number of ether oxygens (including phenoxy) is 1. The molecule has 1 fully saturated rings. The van der Waals surface area contributed by atoms with E-state index in [0.29, 0.717) is 37.5 Å². The van der Waals surface area contributed by atoms with E-state index in [1.165, 1.54) is 21.3 Å². The van der Waals surface area contributed by atoms with E-state index < -0.39 is 33.6 Å². The van der Waals surface area contributed by atoms with Gasteiger partial charge in [-0.1, -0.05) is 48.5 Å². The van der Waals surface area contributed by atoms with Crippen LogP contribution >= 0.6 is 45.5 Å². The van der Waals surface area contributed by atoms with Crippen molar-refractivity contribution in [1.29, 1.82) is 0 Å². The Bertz CT molecular complexity index is 2040. The molecule has 14 heteroatoms. The molecule has 1 saturated carbocycles. The van der Waals surface area contributed by atoms with E-state index in [4.69, 9.17) is 14.8 Å². The van der Waals surface area contributed by atoms with Crippen LogP contribution in [0.5, 0.6) is 5.88 Å². The first-order chi connectivity index (χ1) is 21.5. The van der Waals surface area contributed by atoms with Crippen LogP contribution in [0.25, 0.3) is 11.3 Å². The lowest BCUT2D eigenvalue weighted by atomic mass is 10.0. The van der Waals surface area contributed by atoms with Crippen molar-refractivity contribution in [2.24, 2.45) is 4.99 Å². The summed E-state index contributed by atoms with van der Waals surface area (Å²) >= 11 is 3.80. The fourth-order valence-corrected chi connectivity index (χ4v) is 8.22. The van der Waals surface area contributed by atoms with E-state index in [2.05, 4.69) is 5.32 Å². The largest absolute Gasteiger partial charge is 0.474 e. The molecule has 3 atom stereocenters. The Morgan fingerprint density at radius 1 is 1.09 bits per heavy atom. The number of halogens is 3. The number of benzodiazepines with no additional fused rings is 1. The van der Waals surface area contributed by atoms with E-state index in [1.807, 2.05) is 40.8 Å². The SMILES string of the molecule is CS(=O)(=O)c1ccc(-c2nn3c(c2C(=O)N(I)[C@H]2N=C(c4ccccc4)c4cccc(F)c4NC2=O)OC2CCC3C2)c(I)c1. The predicted octanol–water partition coefficient (Wildman–Crippen LogP) is 5.79. The van der Waals surface area contributed by atoms with Gasteiger partial charge in [-0.2, -0.15) is 5.10 Å². The minimum Gasteiger partial charge on any atom is -0.474 e. The number of benzene rings is 3. The number of hydrogen-bond acceptors (Lipinski definition) is 7. The summed E-state index contributed by atoms with van der Waals surface area (Å²) in [6.07, 6.45) is 2.10. The molecular weight excluding hydrogens is 827 g/mol. The molecule has 3 heterocycles. The minimum absolute atomic E-state index is 0.0196. The van der Waals surface area contributed by atoms with Crippen LogP contribution in [0.4, 0.5) is 10.1 Å². The zero-order valence-electron chi connectivity index (χ0n) is 23.6. The topological polar surface area (TPSA) is 123 Å². The van der Waals surface area contributed by atoms with Gasteiger partial charge in [0.15, 0.2) is 9.84 Å². The number of carbonyl (C=O) groups excluding carboxylic acids is 2. The van der Waals surface area contributed by atoms with Crippen LogP contribution in [0.2, 0.25) is 0 Å². The monoisotopic (exact) mass is 851 g/mol. The molecule has 3 aliphatic rings. The maximum atomic E-state index is 15.1. The lowest BCUT2D eigenvalue weighted by Gasteiger charge is -2.25. The average molecular weight is 851 g/mol. The number of fused-ring (bicyclic) bond motifs is 5. The van der Waals surface area contributed by atoms with Gasteiger partial charge in [0.2, 0.25) is 12.0 Å². The molecule has 2 unspecified atom stereocenters. The van der Waals surface area contributed by atoms with Gasteiger partial charge in [0.1, 0.15) is 23.2 Å². The number of sulfone groups is 1. The predicted molar refractivity (Wildman–Crippen MR) is 182 cm³/mol. The van der Waals surface area contributed by atoms with E-state index in [9.17, 15) is 18.0 Å². The highest BCUT2D eigenvalue weighted by atomic mass is 127. The van der Waals surface area contributed by atoms with E-state index in [0.717, 1.165) is 25.5 Å². The average Bonchev–Trinajstić information content (AvgIpc) is 3.55. The first kappa shape index (κ1) is 30.3. The van der Waals surface area contributed by atoms with Crippen LogP contribution in [-0.2, 0) is 14.6 Å². The molecule has 7 rings (SSSR count). The fourth-order valence-electron chi connectivity index (χ4n) is 5.97. The van der Waals surface area contributed by atoms with Gasteiger partial charge in [0.25, 0.3) is 11.8 Å². The number of amides is 2. The Morgan fingerprint density at radius 2 is 1.87 bits per heavy atom. The number of carbonyl (C=O) groups is 2. The van der Waals surface area contributed by atoms with Gasteiger partial charge in [0, 0.05) is 32.9 Å². The summed E-state index contributed by atoms with van der Waals surface area (Å²) in [6.45, 7) is 0. The third kappa shape index (κ3) is 5.33. The smallest absolute Gasteiger partial charge is 0.272 e. The van der Waals surface area contributed by atoms with Gasteiger partial charge in [0.05, 0.1) is 45.2 Å². The van der Waals surface area contributed by atoms with Crippen LogP contribution in [-0.4, -0.2) is 57.4 Å². The normalized spacial score (nSPS) is 20.3. The zero-order chi connectivity index (χ0) is 31.6. The second-order valence-corrected chi connectivity index (χ2v) is 15.3. The van der Waals surface area contributed by atoms with E-state index in [1.54, 1.807) is 57.9 Å². The van der Waals surface area contributed by atoms with Crippen molar-refractivity contribution in [1.82, 2.24) is 12.9 Å². The number of rotatable bonds is 5. The molecule has 2 bridgehead atoms. The maximum absolute atomic E-state index is 15.1. The Balaban J connectivity index is 1.36. The first-order valence-electron chi connectivity index (χ1n) is 14.0. The summed E-state index contributed by atoms with van der Waals surface area (Å²) in [5, 5.41) is 7.49. The molecule has 0 saturated heterocycles. The number of nitrogens with one attached hydrogen (secondary N) is 1. The Morgan fingerprint density at radius 3 is 2.60 bits per heavy atom. The van der Waals surface area contributed by atoms with Crippen molar-refractivity contribution in [2.75, 3.05) is 11.6 Å². The van der Waals surface area contributed by atoms with Crippen molar-refractivity contribution >= 4 is 78.5 Å². The van der Waals surface area contributed by atoms with Gasteiger partial charge in [-0.3, -0.25) is 9.59 Å². The van der Waals surface area contributed by atoms with Crippen LogP contribution < -0.4 is 10.1 Å². The Kier molecular flexibility index (Phi) is 7.71. The quantitative estimate of drug-likeness (QED) is 0.201. The molecule has 2 amide bonds. The highest BCUT2D eigenvalue weighted by Crippen LogP contribution is 2.46. The Hall–Kier alpha value is -3.38. The number of hydrogen-bond donors (Lipinski definition) is 1. The molecule has 4 aromatic rings.